The average Bonchev–Trinajstić information content (AvgIpc) is 3.27. The molecule has 3 aliphatic heterocycles. The third-order valence-electron chi connectivity index (χ3n) is 7.16. The van der Waals surface area contributed by atoms with Gasteiger partial charge in [-0.05, 0) is 37.0 Å². The van der Waals surface area contributed by atoms with E-state index in [0.29, 0.717) is 38.3 Å². The number of hydrogen-bond acceptors (Lipinski definition) is 5. The zero-order valence-corrected chi connectivity index (χ0v) is 19.1. The third-order valence-corrected chi connectivity index (χ3v) is 7.16. The Hall–Kier alpha value is -2.93. The molecule has 0 N–H and O–H groups in total. The average molecular weight is 449 g/mol. The van der Waals surface area contributed by atoms with Crippen molar-refractivity contribution in [3.05, 3.63) is 59.8 Å². The monoisotopic (exact) mass is 448 g/mol. The van der Waals surface area contributed by atoms with Crippen molar-refractivity contribution in [2.75, 3.05) is 37.7 Å². The van der Waals surface area contributed by atoms with Crippen molar-refractivity contribution < 1.29 is 14.3 Å². The first-order valence-electron chi connectivity index (χ1n) is 12.1. The molecule has 2 amide bonds. The molecule has 1 aromatic carbocycles. The van der Waals surface area contributed by atoms with Crippen LogP contribution >= 0.6 is 0 Å². The number of likely N-dealkylation sites (tertiary alicyclic amines) is 2. The smallest absolute Gasteiger partial charge is 0.254 e. The summed E-state index contributed by atoms with van der Waals surface area (Å²) in [6, 6.07) is 14.0. The van der Waals surface area contributed by atoms with Gasteiger partial charge in [-0.15, -0.1) is 0 Å². The van der Waals surface area contributed by atoms with E-state index < -0.39 is 0 Å². The molecule has 0 radical (unpaired) electrons. The highest BCUT2D eigenvalue weighted by Crippen LogP contribution is 2.32. The second kappa shape index (κ2) is 9.91. The molecule has 33 heavy (non-hydrogen) atoms. The molecule has 174 valence electrons. The molecule has 3 aliphatic rings. The molecule has 1 aromatic heterocycles. The molecule has 7 heteroatoms. The normalized spacial score (nSPS) is 23.8. The zero-order valence-electron chi connectivity index (χ0n) is 19.1. The maximum atomic E-state index is 13.6. The van der Waals surface area contributed by atoms with E-state index in [9.17, 15) is 9.59 Å². The standard InChI is InChI=1S/C26H32N4O3/c31-25-9-5-4-8-22-23(30(25)19-20-6-2-1-3-7-20)11-13-29(22)26(32)21-10-12-27-24(18-21)28-14-16-33-17-15-28/h1-3,6-7,10,12,18,22-23H,4-5,8-9,11,13-17,19H2/t22-,23+/m1/s1. The number of carbonyl (C=O) groups is 2. The Labute approximate surface area is 195 Å². The van der Waals surface area contributed by atoms with Crippen LogP contribution in [0.2, 0.25) is 0 Å². The molecule has 3 fully saturated rings. The first-order valence-corrected chi connectivity index (χ1v) is 12.1. The van der Waals surface area contributed by atoms with Gasteiger partial charge in [0.05, 0.1) is 25.3 Å². The van der Waals surface area contributed by atoms with Crippen molar-refractivity contribution in [2.45, 2.75) is 50.7 Å². The molecule has 7 nitrogen and oxygen atoms in total. The summed E-state index contributed by atoms with van der Waals surface area (Å²) in [5.41, 5.74) is 1.81. The Morgan fingerprint density at radius 1 is 1.00 bits per heavy atom. The second-order valence-corrected chi connectivity index (χ2v) is 9.18. The van der Waals surface area contributed by atoms with Crippen molar-refractivity contribution in [3.8, 4) is 0 Å². The van der Waals surface area contributed by atoms with Gasteiger partial charge in [0.15, 0.2) is 0 Å². The van der Waals surface area contributed by atoms with E-state index in [-0.39, 0.29) is 23.9 Å². The summed E-state index contributed by atoms with van der Waals surface area (Å²) in [4.78, 5) is 37.4. The number of ether oxygens (including phenoxy) is 1. The van der Waals surface area contributed by atoms with Crippen molar-refractivity contribution in [2.24, 2.45) is 0 Å². The maximum absolute atomic E-state index is 13.6. The summed E-state index contributed by atoms with van der Waals surface area (Å²) >= 11 is 0. The summed E-state index contributed by atoms with van der Waals surface area (Å²) in [6.45, 7) is 4.23. The van der Waals surface area contributed by atoms with Gasteiger partial charge in [0, 0.05) is 44.4 Å². The highest BCUT2D eigenvalue weighted by molar-refractivity contribution is 5.95. The van der Waals surface area contributed by atoms with Crippen molar-refractivity contribution in [1.29, 1.82) is 0 Å². The van der Waals surface area contributed by atoms with Gasteiger partial charge < -0.3 is 19.4 Å². The fraction of sp³-hybridized carbons (Fsp3) is 0.500. The van der Waals surface area contributed by atoms with Gasteiger partial charge in [-0.2, -0.15) is 0 Å². The lowest BCUT2D eigenvalue weighted by atomic mass is 9.96. The molecule has 0 saturated carbocycles. The number of morpholine rings is 1. The van der Waals surface area contributed by atoms with Crippen molar-refractivity contribution >= 4 is 17.6 Å². The van der Waals surface area contributed by atoms with Crippen molar-refractivity contribution in [3.63, 3.8) is 0 Å². The Morgan fingerprint density at radius 3 is 2.64 bits per heavy atom. The van der Waals surface area contributed by atoms with E-state index in [2.05, 4.69) is 22.0 Å². The molecule has 0 bridgehead atoms. The number of amides is 2. The third kappa shape index (κ3) is 4.74. The number of aromatic nitrogens is 1. The predicted octanol–water partition coefficient (Wildman–Crippen LogP) is 3.10. The van der Waals surface area contributed by atoms with E-state index in [1.54, 1.807) is 6.20 Å². The number of fused-ring (bicyclic) bond motifs is 1. The number of nitrogens with zero attached hydrogens (tertiary/aromatic N) is 4. The van der Waals surface area contributed by atoms with E-state index in [1.807, 2.05) is 40.1 Å². The minimum atomic E-state index is 0.0482. The molecule has 0 spiro atoms. The summed E-state index contributed by atoms with van der Waals surface area (Å²) < 4.78 is 5.45. The first-order chi connectivity index (χ1) is 16.2. The summed E-state index contributed by atoms with van der Waals surface area (Å²) in [6.07, 6.45) is 5.95. The Balaban J connectivity index is 1.36. The summed E-state index contributed by atoms with van der Waals surface area (Å²) in [5.74, 6) is 1.09. The summed E-state index contributed by atoms with van der Waals surface area (Å²) in [5, 5.41) is 0. The van der Waals surface area contributed by atoms with Gasteiger partial charge in [0.2, 0.25) is 5.91 Å². The van der Waals surface area contributed by atoms with Crippen molar-refractivity contribution in [1.82, 2.24) is 14.8 Å². The first kappa shape index (κ1) is 21.9. The fourth-order valence-electron chi connectivity index (χ4n) is 5.43. The molecule has 2 aromatic rings. The van der Waals surface area contributed by atoms with Gasteiger partial charge in [0.25, 0.3) is 5.91 Å². The number of benzene rings is 1. The Kier molecular flexibility index (Phi) is 6.58. The molecular weight excluding hydrogens is 416 g/mol. The molecule has 3 saturated heterocycles. The van der Waals surface area contributed by atoms with E-state index in [0.717, 1.165) is 50.2 Å². The maximum Gasteiger partial charge on any atom is 0.254 e. The van der Waals surface area contributed by atoms with Crippen LogP contribution in [-0.4, -0.2) is 71.5 Å². The topological polar surface area (TPSA) is 66.0 Å². The number of hydrogen-bond donors (Lipinski definition) is 0. The van der Waals surface area contributed by atoms with Crippen LogP contribution in [0.5, 0.6) is 0 Å². The minimum absolute atomic E-state index is 0.0482. The zero-order chi connectivity index (χ0) is 22.6. The van der Waals surface area contributed by atoms with Crippen LogP contribution in [0.25, 0.3) is 0 Å². The van der Waals surface area contributed by atoms with Crippen LogP contribution in [-0.2, 0) is 16.1 Å². The lowest BCUT2D eigenvalue weighted by molar-refractivity contribution is -0.135. The van der Waals surface area contributed by atoms with E-state index in [1.165, 1.54) is 0 Å². The molecule has 5 rings (SSSR count). The highest BCUT2D eigenvalue weighted by atomic mass is 16.5. The van der Waals surface area contributed by atoms with Crippen LogP contribution < -0.4 is 4.90 Å². The van der Waals surface area contributed by atoms with Crippen LogP contribution in [0, 0.1) is 0 Å². The van der Waals surface area contributed by atoms with Gasteiger partial charge in [-0.25, -0.2) is 4.98 Å². The molecular formula is C26H32N4O3. The fourth-order valence-corrected chi connectivity index (χ4v) is 5.43. The van der Waals surface area contributed by atoms with Crippen LogP contribution in [0.3, 0.4) is 0 Å². The highest BCUT2D eigenvalue weighted by Gasteiger charge is 2.42. The number of carbonyl (C=O) groups excluding carboxylic acids is 2. The van der Waals surface area contributed by atoms with E-state index >= 15 is 0 Å². The number of rotatable bonds is 4. The number of pyridine rings is 1. The molecule has 4 heterocycles. The Morgan fingerprint density at radius 2 is 1.82 bits per heavy atom. The second-order valence-electron chi connectivity index (χ2n) is 9.18. The quantitative estimate of drug-likeness (QED) is 0.719. The van der Waals surface area contributed by atoms with Crippen LogP contribution in [0.15, 0.2) is 48.7 Å². The molecule has 2 atom stereocenters. The predicted molar refractivity (Wildman–Crippen MR) is 126 cm³/mol. The van der Waals surface area contributed by atoms with Gasteiger partial charge in [0.1, 0.15) is 5.82 Å². The van der Waals surface area contributed by atoms with Crippen LogP contribution in [0.4, 0.5) is 5.82 Å². The van der Waals surface area contributed by atoms with Gasteiger partial charge in [-0.1, -0.05) is 36.8 Å². The SMILES string of the molecule is O=C(c1ccnc(N2CCOCC2)c1)N1CC[C@H]2[C@H]1CCCCC(=O)N2Cc1ccccc1. The minimum Gasteiger partial charge on any atom is -0.378 e. The lowest BCUT2D eigenvalue weighted by Crippen LogP contribution is -2.49. The number of anilines is 1. The largest absolute Gasteiger partial charge is 0.378 e. The van der Waals surface area contributed by atoms with Crippen LogP contribution in [0.1, 0.15) is 48.0 Å². The molecule has 0 aliphatic carbocycles. The Bertz CT molecular complexity index is 977. The molecule has 0 unspecified atom stereocenters. The van der Waals surface area contributed by atoms with Gasteiger partial charge >= 0.3 is 0 Å². The van der Waals surface area contributed by atoms with E-state index in [4.69, 9.17) is 4.74 Å². The summed E-state index contributed by atoms with van der Waals surface area (Å²) in [7, 11) is 0. The van der Waals surface area contributed by atoms with Gasteiger partial charge in [-0.3, -0.25) is 9.59 Å². The lowest BCUT2D eigenvalue weighted by Gasteiger charge is -2.37.